The van der Waals surface area contributed by atoms with Gasteiger partial charge in [-0.05, 0) is 34.3 Å². The van der Waals surface area contributed by atoms with Crippen LogP contribution in [0.2, 0.25) is 0 Å². The van der Waals surface area contributed by atoms with Gasteiger partial charge in [0.2, 0.25) is 5.91 Å². The highest BCUT2D eigenvalue weighted by Gasteiger charge is 2.15. The maximum atomic E-state index is 12.4. The highest BCUT2D eigenvalue weighted by molar-refractivity contribution is 6.36. The highest BCUT2D eigenvalue weighted by Crippen LogP contribution is 2.29. The van der Waals surface area contributed by atoms with Crippen molar-refractivity contribution in [2.75, 3.05) is 5.32 Å². The number of aromatic hydroxyl groups is 1. The number of benzene rings is 3. The predicted octanol–water partition coefficient (Wildman–Crippen LogP) is 2.29. The van der Waals surface area contributed by atoms with Crippen LogP contribution in [0, 0.1) is 0 Å². The fourth-order valence-corrected chi connectivity index (χ4v) is 4.11. The van der Waals surface area contributed by atoms with Crippen LogP contribution in [0.1, 0.15) is 22.7 Å². The summed E-state index contributed by atoms with van der Waals surface area (Å²) in [6.45, 7) is 0.957. The third-order valence-electron chi connectivity index (χ3n) is 6.23. The molecule has 0 aliphatic carbocycles. The number of rotatable bonds is 8. The predicted molar refractivity (Wildman–Crippen MR) is 147 cm³/mol. The molecule has 1 atom stereocenters. The van der Waals surface area contributed by atoms with E-state index in [1.54, 1.807) is 22.8 Å². The number of anilines is 1. The van der Waals surface area contributed by atoms with Gasteiger partial charge in [0.25, 0.3) is 0 Å². The van der Waals surface area contributed by atoms with Crippen molar-refractivity contribution in [1.82, 2.24) is 19.9 Å². The molecule has 0 saturated carbocycles. The summed E-state index contributed by atoms with van der Waals surface area (Å²) >= 11 is 0. The van der Waals surface area contributed by atoms with Gasteiger partial charge in [0, 0.05) is 30.9 Å². The molecule has 0 aliphatic rings. The van der Waals surface area contributed by atoms with E-state index in [0.717, 1.165) is 33.6 Å². The zero-order valence-corrected chi connectivity index (χ0v) is 20.4. The molecule has 5 rings (SSSR count). The summed E-state index contributed by atoms with van der Waals surface area (Å²) in [5.74, 6) is 0.728. The van der Waals surface area contributed by atoms with Gasteiger partial charge in [0.05, 0.1) is 5.69 Å². The average Bonchev–Trinajstić information content (AvgIpc) is 3.31. The molecule has 5 aromatic rings. The van der Waals surface area contributed by atoms with Crippen molar-refractivity contribution in [2.45, 2.75) is 19.1 Å². The summed E-state index contributed by atoms with van der Waals surface area (Å²) in [6.07, 6.45) is 1.77. The maximum absolute atomic E-state index is 12.4. The number of phenols is 1. The van der Waals surface area contributed by atoms with Crippen LogP contribution in [0.25, 0.3) is 16.9 Å². The van der Waals surface area contributed by atoms with Crippen molar-refractivity contribution in [3.8, 4) is 17.0 Å². The molecule has 8 nitrogen and oxygen atoms in total. The monoisotopic (exact) mass is 490 g/mol. The molecule has 37 heavy (non-hydrogen) atoms. The molecule has 9 heteroatoms. The summed E-state index contributed by atoms with van der Waals surface area (Å²) in [7, 11) is 1.96. The molecule has 184 valence electrons. The van der Waals surface area contributed by atoms with Crippen molar-refractivity contribution in [1.29, 1.82) is 0 Å². The second kappa shape index (κ2) is 10.6. The number of hydrogen-bond acceptors (Lipinski definition) is 6. The number of aromatic nitrogens is 3. The van der Waals surface area contributed by atoms with E-state index in [-0.39, 0.29) is 11.7 Å². The van der Waals surface area contributed by atoms with E-state index < -0.39 is 6.04 Å². The zero-order valence-electron chi connectivity index (χ0n) is 20.4. The maximum Gasteiger partial charge on any atom is 0.241 e. The minimum Gasteiger partial charge on any atom is -0.507 e. The molecular formula is C28H27BN6O2. The Morgan fingerprint density at radius 1 is 0.973 bits per heavy atom. The van der Waals surface area contributed by atoms with Gasteiger partial charge < -0.3 is 21.5 Å². The Balaban J connectivity index is 1.26. The number of fused-ring (bicyclic) bond motifs is 1. The van der Waals surface area contributed by atoms with Gasteiger partial charge in [0.15, 0.2) is 5.65 Å². The lowest BCUT2D eigenvalue weighted by atomic mass is 10.0. The summed E-state index contributed by atoms with van der Waals surface area (Å²) < 4.78 is 1.76. The molecule has 0 aliphatic heterocycles. The van der Waals surface area contributed by atoms with Crippen LogP contribution in [0.3, 0.4) is 0 Å². The van der Waals surface area contributed by atoms with E-state index in [4.69, 9.17) is 10.7 Å². The van der Waals surface area contributed by atoms with E-state index in [1.807, 2.05) is 80.6 Å². The molecular weight excluding hydrogens is 463 g/mol. The smallest absolute Gasteiger partial charge is 0.241 e. The number of para-hydroxylation sites is 1. The fourth-order valence-electron chi connectivity index (χ4n) is 4.11. The number of nitrogens with two attached hydrogens (primary N) is 1. The number of nitrogens with zero attached hydrogens (tertiary/aromatic N) is 3. The number of amides is 1. The number of carbonyl (C=O) groups is 1. The third-order valence-corrected chi connectivity index (χ3v) is 6.23. The van der Waals surface area contributed by atoms with Crippen LogP contribution >= 0.6 is 0 Å². The van der Waals surface area contributed by atoms with Gasteiger partial charge in [-0.2, -0.15) is 9.61 Å². The summed E-state index contributed by atoms with van der Waals surface area (Å²) in [6, 6.07) is 25.7. The first-order chi connectivity index (χ1) is 18.0. The quantitative estimate of drug-likeness (QED) is 0.248. The third kappa shape index (κ3) is 5.31. The Hall–Kier alpha value is -4.63. The van der Waals surface area contributed by atoms with Crippen molar-refractivity contribution < 1.29 is 9.90 Å². The number of nitrogens with one attached hydrogen (secondary N) is 2. The van der Waals surface area contributed by atoms with Gasteiger partial charge in [-0.3, -0.25) is 4.79 Å². The van der Waals surface area contributed by atoms with Crippen LogP contribution in [0.5, 0.6) is 5.75 Å². The van der Waals surface area contributed by atoms with E-state index in [2.05, 4.69) is 15.7 Å². The molecule has 0 bridgehead atoms. The zero-order chi connectivity index (χ0) is 25.8. The second-order valence-corrected chi connectivity index (χ2v) is 8.88. The van der Waals surface area contributed by atoms with Crippen molar-refractivity contribution >= 4 is 30.7 Å². The van der Waals surface area contributed by atoms with Crippen LogP contribution in [-0.4, -0.2) is 33.5 Å². The van der Waals surface area contributed by atoms with Crippen molar-refractivity contribution in [3.05, 3.63) is 108 Å². The first kappa shape index (κ1) is 24.1. The average molecular weight is 490 g/mol. The molecule has 1 amide bonds. The van der Waals surface area contributed by atoms with Gasteiger partial charge in [0.1, 0.15) is 25.5 Å². The van der Waals surface area contributed by atoms with Crippen molar-refractivity contribution in [3.63, 3.8) is 0 Å². The summed E-state index contributed by atoms with van der Waals surface area (Å²) in [5.41, 5.74) is 11.9. The SMILES string of the molecule is Bc1cnn2c(NCc3ccc(CNC(=O)C(N)c4ccccc4)cc3)cc(-c3ccccc3O)nc12. The van der Waals surface area contributed by atoms with Crippen LogP contribution in [0.15, 0.2) is 91.1 Å². The Morgan fingerprint density at radius 2 is 1.65 bits per heavy atom. The fraction of sp³-hybridized carbons (Fsp3) is 0.107. The lowest BCUT2D eigenvalue weighted by Gasteiger charge is -2.13. The van der Waals surface area contributed by atoms with Crippen LogP contribution < -0.4 is 21.8 Å². The Bertz CT molecular complexity index is 1540. The minimum absolute atomic E-state index is 0.176. The second-order valence-electron chi connectivity index (χ2n) is 8.88. The van der Waals surface area contributed by atoms with Gasteiger partial charge >= 0.3 is 0 Å². The van der Waals surface area contributed by atoms with Gasteiger partial charge in [-0.15, -0.1) is 0 Å². The highest BCUT2D eigenvalue weighted by atomic mass is 16.3. The lowest BCUT2D eigenvalue weighted by molar-refractivity contribution is -0.122. The largest absolute Gasteiger partial charge is 0.507 e. The summed E-state index contributed by atoms with van der Waals surface area (Å²) in [4.78, 5) is 17.1. The topological polar surface area (TPSA) is 118 Å². The minimum atomic E-state index is -0.699. The van der Waals surface area contributed by atoms with E-state index in [0.29, 0.717) is 24.3 Å². The Labute approximate surface area is 215 Å². The van der Waals surface area contributed by atoms with E-state index >= 15 is 0 Å². The first-order valence-electron chi connectivity index (χ1n) is 12.0. The van der Waals surface area contributed by atoms with Crippen LogP contribution in [0.4, 0.5) is 5.82 Å². The van der Waals surface area contributed by atoms with Crippen LogP contribution in [-0.2, 0) is 17.9 Å². The van der Waals surface area contributed by atoms with Gasteiger partial charge in [-0.25, -0.2) is 4.98 Å². The standard InChI is InChI=1S/C28H27BN6O2/c29-22-17-33-35-25(14-23(34-27(22)35)21-8-4-5-9-24(21)36)31-15-18-10-12-19(13-11-18)16-32-28(37)26(30)20-6-2-1-3-7-20/h1-14,17,26,31,36H,15-16,29-30H2,(H,32,37). The number of carbonyl (C=O) groups excluding carboxylic acids is 1. The normalized spacial score (nSPS) is 11.8. The molecule has 0 fully saturated rings. The van der Waals surface area contributed by atoms with Crippen molar-refractivity contribution in [2.24, 2.45) is 5.73 Å². The molecule has 1 unspecified atom stereocenters. The number of hydrogen-bond donors (Lipinski definition) is 4. The molecule has 2 aromatic heterocycles. The van der Waals surface area contributed by atoms with E-state index in [1.165, 1.54) is 0 Å². The molecule has 0 radical (unpaired) electrons. The number of phenolic OH excluding ortho intramolecular Hbond substituents is 1. The Kier molecular flexibility index (Phi) is 6.87. The molecule has 0 saturated heterocycles. The van der Waals surface area contributed by atoms with E-state index in [9.17, 15) is 9.90 Å². The Morgan fingerprint density at radius 3 is 2.38 bits per heavy atom. The molecule has 3 aromatic carbocycles. The molecule has 5 N–H and O–H groups in total. The lowest BCUT2D eigenvalue weighted by Crippen LogP contribution is -2.33. The summed E-state index contributed by atoms with van der Waals surface area (Å²) in [5, 5.41) is 21.1. The van der Waals surface area contributed by atoms with Gasteiger partial charge in [-0.1, -0.05) is 66.7 Å². The molecule has 0 spiro atoms. The first-order valence-corrected chi connectivity index (χ1v) is 12.0. The molecule has 2 heterocycles.